The number of guanidine groups is 1. The lowest BCUT2D eigenvalue weighted by Crippen LogP contribution is -2.47. The molecule has 1 saturated carbocycles. The lowest BCUT2D eigenvalue weighted by molar-refractivity contribution is 0.0168. The van der Waals surface area contributed by atoms with E-state index >= 15 is 0 Å². The SMILES string of the molecule is CCNC(=NCC1(CCOC)CCC1)NCC1CCCN(C(=O)OC(C)(C)C)C1.I. The molecule has 0 aromatic heterocycles. The molecule has 1 aliphatic carbocycles. The molecule has 2 rings (SSSR count). The third-order valence-corrected chi connectivity index (χ3v) is 5.90. The highest BCUT2D eigenvalue weighted by atomic mass is 127. The van der Waals surface area contributed by atoms with E-state index in [1.165, 1.54) is 19.3 Å². The molecule has 2 N–H and O–H groups in total. The van der Waals surface area contributed by atoms with Gasteiger partial charge in [-0.1, -0.05) is 6.42 Å². The average Bonchev–Trinajstić information content (AvgIpc) is 2.63. The lowest BCUT2D eigenvalue weighted by atomic mass is 9.67. The van der Waals surface area contributed by atoms with Crippen LogP contribution < -0.4 is 10.6 Å². The molecule has 30 heavy (non-hydrogen) atoms. The number of carbonyl (C=O) groups is 1. The van der Waals surface area contributed by atoms with Crippen LogP contribution in [0, 0.1) is 11.3 Å². The number of amides is 1. The van der Waals surface area contributed by atoms with Gasteiger partial charge in [-0.25, -0.2) is 4.79 Å². The van der Waals surface area contributed by atoms with Gasteiger partial charge in [0.1, 0.15) is 5.60 Å². The first-order valence-corrected chi connectivity index (χ1v) is 11.3. The molecule has 1 atom stereocenters. The molecule has 2 fully saturated rings. The highest BCUT2D eigenvalue weighted by Gasteiger charge is 2.36. The van der Waals surface area contributed by atoms with Crippen molar-refractivity contribution in [1.82, 2.24) is 15.5 Å². The van der Waals surface area contributed by atoms with Crippen molar-refractivity contribution in [3.63, 3.8) is 0 Å². The number of ether oxygens (including phenoxy) is 2. The summed E-state index contributed by atoms with van der Waals surface area (Å²) in [6.07, 6.45) is 6.79. The Morgan fingerprint density at radius 2 is 1.97 bits per heavy atom. The molecule has 0 bridgehead atoms. The normalized spacial score (nSPS) is 21.3. The molecule has 7 nitrogen and oxygen atoms in total. The van der Waals surface area contributed by atoms with E-state index in [4.69, 9.17) is 14.5 Å². The minimum Gasteiger partial charge on any atom is -0.444 e. The van der Waals surface area contributed by atoms with Crippen LogP contribution in [0.5, 0.6) is 0 Å². The van der Waals surface area contributed by atoms with E-state index in [9.17, 15) is 4.79 Å². The Hall–Kier alpha value is -0.770. The molecule has 8 heteroatoms. The van der Waals surface area contributed by atoms with E-state index in [2.05, 4.69) is 17.6 Å². The summed E-state index contributed by atoms with van der Waals surface area (Å²) in [5.41, 5.74) is -0.135. The average molecular weight is 539 g/mol. The number of halogens is 1. The second-order valence-corrected chi connectivity index (χ2v) is 9.61. The maximum Gasteiger partial charge on any atom is 0.410 e. The van der Waals surface area contributed by atoms with Crippen LogP contribution in [-0.4, -0.2) is 69.0 Å². The summed E-state index contributed by atoms with van der Waals surface area (Å²) in [4.78, 5) is 19.1. The molecule has 0 spiro atoms. The fourth-order valence-corrected chi connectivity index (χ4v) is 4.04. The number of hydrogen-bond acceptors (Lipinski definition) is 4. The maximum absolute atomic E-state index is 12.4. The quantitative estimate of drug-likeness (QED) is 0.278. The number of likely N-dealkylation sites (tertiary alicyclic amines) is 1. The first-order valence-electron chi connectivity index (χ1n) is 11.3. The van der Waals surface area contributed by atoms with E-state index in [1.807, 2.05) is 25.7 Å². The Labute approximate surface area is 200 Å². The highest BCUT2D eigenvalue weighted by molar-refractivity contribution is 14.0. The van der Waals surface area contributed by atoms with Crippen LogP contribution in [0.3, 0.4) is 0 Å². The fraction of sp³-hybridized carbons (Fsp3) is 0.909. The van der Waals surface area contributed by atoms with Gasteiger partial charge in [-0.2, -0.15) is 0 Å². The summed E-state index contributed by atoms with van der Waals surface area (Å²) in [6, 6.07) is 0. The Bertz CT molecular complexity index is 547. The first-order chi connectivity index (χ1) is 13.8. The Morgan fingerprint density at radius 3 is 2.53 bits per heavy atom. The summed E-state index contributed by atoms with van der Waals surface area (Å²) in [5, 5.41) is 6.87. The zero-order chi connectivity index (χ0) is 21.3. The van der Waals surface area contributed by atoms with Crippen LogP contribution in [0.25, 0.3) is 0 Å². The zero-order valence-electron chi connectivity index (χ0n) is 19.6. The van der Waals surface area contributed by atoms with Crippen LogP contribution >= 0.6 is 24.0 Å². The fourth-order valence-electron chi connectivity index (χ4n) is 4.04. The Morgan fingerprint density at radius 1 is 1.23 bits per heavy atom. The summed E-state index contributed by atoms with van der Waals surface area (Å²) in [5.74, 6) is 1.29. The van der Waals surface area contributed by atoms with Crippen molar-refractivity contribution in [1.29, 1.82) is 0 Å². The number of hydrogen-bond donors (Lipinski definition) is 2. The maximum atomic E-state index is 12.4. The van der Waals surface area contributed by atoms with E-state index in [1.54, 1.807) is 7.11 Å². The van der Waals surface area contributed by atoms with Crippen molar-refractivity contribution in [2.24, 2.45) is 16.3 Å². The second-order valence-electron chi connectivity index (χ2n) is 9.61. The van der Waals surface area contributed by atoms with Crippen molar-refractivity contribution in [2.45, 2.75) is 71.8 Å². The van der Waals surface area contributed by atoms with Gasteiger partial charge in [0.2, 0.25) is 0 Å². The first kappa shape index (κ1) is 27.3. The van der Waals surface area contributed by atoms with Crippen LogP contribution in [0.2, 0.25) is 0 Å². The van der Waals surface area contributed by atoms with Gasteiger partial charge in [-0.05, 0) is 71.1 Å². The third kappa shape index (κ3) is 9.16. The smallest absolute Gasteiger partial charge is 0.410 e. The van der Waals surface area contributed by atoms with E-state index in [-0.39, 0.29) is 30.1 Å². The Balaban J connectivity index is 0.00000450. The molecule has 1 saturated heterocycles. The molecule has 1 amide bonds. The van der Waals surface area contributed by atoms with Gasteiger partial charge >= 0.3 is 6.09 Å². The summed E-state index contributed by atoms with van der Waals surface area (Å²) in [6.45, 7) is 12.6. The monoisotopic (exact) mass is 538 g/mol. The number of aliphatic imine (C=N–C) groups is 1. The number of rotatable bonds is 8. The number of methoxy groups -OCH3 is 1. The van der Waals surface area contributed by atoms with Gasteiger partial charge in [0.25, 0.3) is 0 Å². The van der Waals surface area contributed by atoms with Crippen molar-refractivity contribution in [3.8, 4) is 0 Å². The molecule has 0 aromatic rings. The topological polar surface area (TPSA) is 75.2 Å². The van der Waals surface area contributed by atoms with Gasteiger partial charge in [-0.3, -0.25) is 4.99 Å². The minimum atomic E-state index is -0.451. The predicted octanol–water partition coefficient (Wildman–Crippen LogP) is 4.01. The Kier molecular flexibility index (Phi) is 11.8. The predicted molar refractivity (Wildman–Crippen MR) is 133 cm³/mol. The second kappa shape index (κ2) is 12.9. The van der Waals surface area contributed by atoms with Crippen molar-refractivity contribution < 1.29 is 14.3 Å². The van der Waals surface area contributed by atoms with Crippen LogP contribution in [-0.2, 0) is 9.47 Å². The van der Waals surface area contributed by atoms with Crippen LogP contribution in [0.15, 0.2) is 4.99 Å². The van der Waals surface area contributed by atoms with Gasteiger partial charge in [0.05, 0.1) is 0 Å². The van der Waals surface area contributed by atoms with Crippen molar-refractivity contribution in [2.75, 3.05) is 46.4 Å². The van der Waals surface area contributed by atoms with Crippen LogP contribution in [0.1, 0.15) is 66.2 Å². The molecule has 1 unspecified atom stereocenters. The standard InChI is InChI=1S/C22H42N4O3.HI/c1-6-23-19(25-17-22(10-8-11-22)12-14-28-5)24-15-18-9-7-13-26(16-18)20(27)29-21(2,3)4;/h18H,6-17H2,1-5H3,(H2,23,24,25);1H. The van der Waals surface area contributed by atoms with Crippen molar-refractivity contribution >= 4 is 36.0 Å². The molecular weight excluding hydrogens is 495 g/mol. The van der Waals surface area contributed by atoms with Gasteiger partial charge < -0.3 is 25.0 Å². The van der Waals surface area contributed by atoms with Crippen molar-refractivity contribution in [3.05, 3.63) is 0 Å². The molecule has 0 radical (unpaired) electrons. The third-order valence-electron chi connectivity index (χ3n) is 5.90. The van der Waals surface area contributed by atoms with Crippen LogP contribution in [0.4, 0.5) is 4.79 Å². The summed E-state index contributed by atoms with van der Waals surface area (Å²) in [7, 11) is 1.77. The number of carbonyl (C=O) groups excluding carboxylic acids is 1. The molecular formula is C22H43IN4O3. The highest BCUT2D eigenvalue weighted by Crippen LogP contribution is 2.44. The van der Waals surface area contributed by atoms with Gasteiger partial charge in [0.15, 0.2) is 5.96 Å². The largest absolute Gasteiger partial charge is 0.444 e. The van der Waals surface area contributed by atoms with E-state index in [0.717, 1.165) is 64.6 Å². The van der Waals surface area contributed by atoms with E-state index in [0.29, 0.717) is 11.3 Å². The summed E-state index contributed by atoms with van der Waals surface area (Å²) < 4.78 is 10.8. The molecule has 176 valence electrons. The lowest BCUT2D eigenvalue weighted by Gasteiger charge is -2.41. The molecule has 1 heterocycles. The molecule has 2 aliphatic rings. The van der Waals surface area contributed by atoms with Gasteiger partial charge in [0, 0.05) is 46.4 Å². The molecule has 1 aliphatic heterocycles. The number of nitrogens with zero attached hydrogens (tertiary/aromatic N) is 2. The minimum absolute atomic E-state index is 0. The van der Waals surface area contributed by atoms with Gasteiger partial charge in [-0.15, -0.1) is 24.0 Å². The van der Waals surface area contributed by atoms with E-state index < -0.39 is 5.60 Å². The summed E-state index contributed by atoms with van der Waals surface area (Å²) >= 11 is 0. The zero-order valence-corrected chi connectivity index (χ0v) is 21.9. The molecule has 0 aromatic carbocycles. The number of nitrogens with one attached hydrogen (secondary N) is 2. The number of piperidine rings is 1.